The van der Waals surface area contributed by atoms with Gasteiger partial charge in [-0.25, -0.2) is 0 Å². The molecule has 0 radical (unpaired) electrons. The third kappa shape index (κ3) is 3.55. The van der Waals surface area contributed by atoms with E-state index in [0.29, 0.717) is 13.2 Å². The highest BCUT2D eigenvalue weighted by Crippen LogP contribution is 2.36. The third-order valence-electron chi connectivity index (χ3n) is 5.78. The molecular weight excluding hydrogens is 314 g/mol. The zero-order valence-electron chi connectivity index (χ0n) is 15.2. The lowest BCUT2D eigenvalue weighted by atomic mass is 9.82. The summed E-state index contributed by atoms with van der Waals surface area (Å²) in [5.41, 5.74) is 1.14. The molecule has 136 valence electrons. The van der Waals surface area contributed by atoms with Gasteiger partial charge in [-0.1, -0.05) is 25.0 Å². The number of nitrogens with zero attached hydrogens (tertiary/aromatic N) is 2. The van der Waals surface area contributed by atoms with Crippen molar-refractivity contribution < 1.29 is 9.47 Å². The number of fused-ring (bicyclic) bond motifs is 2. The molecule has 2 unspecified atom stereocenters. The van der Waals surface area contributed by atoms with E-state index in [1.807, 2.05) is 19.2 Å². The molecule has 2 atom stereocenters. The van der Waals surface area contributed by atoms with E-state index in [1.54, 1.807) is 0 Å². The van der Waals surface area contributed by atoms with Gasteiger partial charge < -0.3 is 19.7 Å². The van der Waals surface area contributed by atoms with Crippen LogP contribution >= 0.6 is 0 Å². The summed E-state index contributed by atoms with van der Waals surface area (Å²) in [4.78, 5) is 6.98. The number of hydrogen-bond donors (Lipinski definition) is 1. The van der Waals surface area contributed by atoms with E-state index in [1.165, 1.54) is 25.7 Å². The van der Waals surface area contributed by atoms with E-state index in [4.69, 9.17) is 9.47 Å². The quantitative estimate of drug-likeness (QED) is 0.662. The number of benzene rings is 1. The van der Waals surface area contributed by atoms with Crippen LogP contribution in [0.3, 0.4) is 0 Å². The molecule has 2 aliphatic heterocycles. The SMILES string of the molecule is CN=C(NCc1cccc2c1OCCCO2)N1CC2CCCCC2C1. The molecule has 2 heterocycles. The summed E-state index contributed by atoms with van der Waals surface area (Å²) in [6.45, 7) is 4.45. The van der Waals surface area contributed by atoms with Crippen LogP contribution in [0.15, 0.2) is 23.2 Å². The molecular formula is C20H29N3O2. The minimum absolute atomic E-state index is 0.713. The topological polar surface area (TPSA) is 46.1 Å². The summed E-state index contributed by atoms with van der Waals surface area (Å²) in [6.07, 6.45) is 6.49. The molecule has 5 nitrogen and oxygen atoms in total. The van der Waals surface area contributed by atoms with Gasteiger partial charge >= 0.3 is 0 Å². The summed E-state index contributed by atoms with van der Waals surface area (Å²) in [6, 6.07) is 6.14. The molecule has 25 heavy (non-hydrogen) atoms. The van der Waals surface area contributed by atoms with E-state index in [9.17, 15) is 0 Å². The number of ether oxygens (including phenoxy) is 2. The molecule has 1 saturated carbocycles. The van der Waals surface area contributed by atoms with Gasteiger partial charge in [-0.05, 0) is 30.7 Å². The molecule has 0 spiro atoms. The van der Waals surface area contributed by atoms with Crippen LogP contribution in [0.5, 0.6) is 11.5 Å². The lowest BCUT2D eigenvalue weighted by molar-refractivity contribution is 0.296. The Hall–Kier alpha value is -1.91. The molecule has 1 aromatic carbocycles. The van der Waals surface area contributed by atoms with Crippen LogP contribution < -0.4 is 14.8 Å². The highest BCUT2D eigenvalue weighted by Gasteiger charge is 2.35. The van der Waals surface area contributed by atoms with Crippen molar-refractivity contribution in [1.82, 2.24) is 10.2 Å². The van der Waals surface area contributed by atoms with Gasteiger partial charge in [-0.2, -0.15) is 0 Å². The normalized spacial score (nSPS) is 26.1. The molecule has 5 heteroatoms. The van der Waals surface area contributed by atoms with E-state index in [-0.39, 0.29) is 0 Å². The highest BCUT2D eigenvalue weighted by atomic mass is 16.5. The average Bonchev–Trinajstić information content (AvgIpc) is 2.92. The first kappa shape index (κ1) is 16.6. The fourth-order valence-corrected chi connectivity index (χ4v) is 4.48. The van der Waals surface area contributed by atoms with Gasteiger partial charge in [0.15, 0.2) is 17.5 Å². The van der Waals surface area contributed by atoms with Gasteiger partial charge in [-0.3, -0.25) is 4.99 Å². The van der Waals surface area contributed by atoms with Crippen molar-refractivity contribution in [3.8, 4) is 11.5 Å². The maximum atomic E-state index is 5.93. The summed E-state index contributed by atoms with van der Waals surface area (Å²) >= 11 is 0. The Balaban J connectivity index is 1.42. The maximum absolute atomic E-state index is 5.93. The first-order valence-corrected chi connectivity index (χ1v) is 9.68. The van der Waals surface area contributed by atoms with Gasteiger partial charge in [-0.15, -0.1) is 0 Å². The lowest BCUT2D eigenvalue weighted by Gasteiger charge is -2.22. The van der Waals surface area contributed by atoms with Gasteiger partial charge in [0.1, 0.15) is 0 Å². The molecule has 1 aromatic rings. The van der Waals surface area contributed by atoms with Gasteiger partial charge in [0.25, 0.3) is 0 Å². The molecule has 0 bridgehead atoms. The molecule has 1 saturated heterocycles. The number of hydrogen-bond acceptors (Lipinski definition) is 3. The predicted molar refractivity (Wildman–Crippen MR) is 99.3 cm³/mol. The lowest BCUT2D eigenvalue weighted by Crippen LogP contribution is -2.40. The Morgan fingerprint density at radius 2 is 1.88 bits per heavy atom. The monoisotopic (exact) mass is 343 g/mol. The van der Waals surface area contributed by atoms with Gasteiger partial charge in [0, 0.05) is 38.7 Å². The zero-order chi connectivity index (χ0) is 17.1. The largest absolute Gasteiger partial charge is 0.490 e. The minimum atomic E-state index is 0.713. The number of likely N-dealkylation sites (tertiary alicyclic amines) is 1. The summed E-state index contributed by atoms with van der Waals surface area (Å²) in [7, 11) is 1.88. The van der Waals surface area contributed by atoms with Crippen molar-refractivity contribution in [1.29, 1.82) is 0 Å². The Bertz CT molecular complexity index is 617. The number of rotatable bonds is 2. The van der Waals surface area contributed by atoms with Gasteiger partial charge in [0.05, 0.1) is 13.2 Å². The summed E-state index contributed by atoms with van der Waals surface area (Å²) < 4.78 is 11.7. The minimum Gasteiger partial charge on any atom is -0.490 e. The van der Waals surface area contributed by atoms with Crippen molar-refractivity contribution in [2.45, 2.75) is 38.6 Å². The van der Waals surface area contributed by atoms with Crippen LogP contribution in [-0.2, 0) is 6.54 Å². The summed E-state index contributed by atoms with van der Waals surface area (Å²) in [5.74, 6) is 4.48. The molecule has 1 aliphatic carbocycles. The molecule has 2 fully saturated rings. The molecule has 0 amide bonds. The highest BCUT2D eigenvalue weighted by molar-refractivity contribution is 5.80. The fraction of sp³-hybridized carbons (Fsp3) is 0.650. The third-order valence-corrected chi connectivity index (χ3v) is 5.78. The second-order valence-electron chi connectivity index (χ2n) is 7.41. The molecule has 3 aliphatic rings. The fourth-order valence-electron chi connectivity index (χ4n) is 4.48. The van der Waals surface area contributed by atoms with Crippen LogP contribution in [-0.4, -0.2) is 44.2 Å². The number of para-hydroxylation sites is 1. The Morgan fingerprint density at radius 3 is 2.64 bits per heavy atom. The van der Waals surface area contributed by atoms with E-state index < -0.39 is 0 Å². The Labute approximate surface area is 150 Å². The first-order valence-electron chi connectivity index (χ1n) is 9.68. The maximum Gasteiger partial charge on any atom is 0.193 e. The molecule has 0 aromatic heterocycles. The second kappa shape index (κ2) is 7.54. The number of guanidine groups is 1. The van der Waals surface area contributed by atoms with E-state index >= 15 is 0 Å². The average molecular weight is 343 g/mol. The Morgan fingerprint density at radius 1 is 1.12 bits per heavy atom. The second-order valence-corrected chi connectivity index (χ2v) is 7.41. The predicted octanol–water partition coefficient (Wildman–Crippen LogP) is 3.05. The van der Waals surface area contributed by atoms with E-state index in [2.05, 4.69) is 21.3 Å². The van der Waals surface area contributed by atoms with Crippen LogP contribution in [0.4, 0.5) is 0 Å². The van der Waals surface area contributed by atoms with Gasteiger partial charge in [0.2, 0.25) is 0 Å². The smallest absolute Gasteiger partial charge is 0.193 e. The van der Waals surface area contributed by atoms with E-state index in [0.717, 1.165) is 61.0 Å². The van der Waals surface area contributed by atoms with Crippen LogP contribution in [0.2, 0.25) is 0 Å². The van der Waals surface area contributed by atoms with Crippen molar-refractivity contribution in [2.75, 3.05) is 33.4 Å². The Kier molecular flexibility index (Phi) is 4.99. The number of nitrogens with one attached hydrogen (secondary N) is 1. The standard InChI is InChI=1S/C20H29N3O2/c1-21-20(23-13-16-6-2-3-7-17(16)14-23)22-12-15-8-4-9-18-19(15)25-11-5-10-24-18/h4,8-9,16-17H,2-3,5-7,10-14H2,1H3,(H,21,22). The van der Waals surface area contributed by atoms with Crippen molar-refractivity contribution >= 4 is 5.96 Å². The van der Waals surface area contributed by atoms with Crippen LogP contribution in [0, 0.1) is 11.8 Å². The van der Waals surface area contributed by atoms with Crippen LogP contribution in [0.25, 0.3) is 0 Å². The molecule has 4 rings (SSSR count). The van der Waals surface area contributed by atoms with Crippen molar-refractivity contribution in [2.24, 2.45) is 16.8 Å². The van der Waals surface area contributed by atoms with Crippen molar-refractivity contribution in [3.63, 3.8) is 0 Å². The van der Waals surface area contributed by atoms with Crippen LogP contribution in [0.1, 0.15) is 37.7 Å². The first-order chi connectivity index (χ1) is 12.3. The molecule has 1 N–H and O–H groups in total. The number of aliphatic imine (C=N–C) groups is 1. The van der Waals surface area contributed by atoms with Crippen molar-refractivity contribution in [3.05, 3.63) is 23.8 Å². The zero-order valence-corrected chi connectivity index (χ0v) is 15.2. The summed E-state index contributed by atoms with van der Waals surface area (Å²) in [5, 5.41) is 3.55.